The highest BCUT2D eigenvalue weighted by molar-refractivity contribution is 8.18. The number of benzene rings is 2. The maximum Gasteiger partial charge on any atom is 0.294 e. The number of ether oxygens (including phenoxy) is 1. The highest BCUT2D eigenvalue weighted by atomic mass is 35.5. The van der Waals surface area contributed by atoms with E-state index in [2.05, 4.69) is 0 Å². The number of hydrogen-bond acceptors (Lipinski definition) is 5. The van der Waals surface area contributed by atoms with Gasteiger partial charge in [-0.1, -0.05) is 53.0 Å². The van der Waals surface area contributed by atoms with E-state index in [-0.39, 0.29) is 17.4 Å². The van der Waals surface area contributed by atoms with E-state index in [4.69, 9.17) is 27.9 Å². The fourth-order valence-electron chi connectivity index (χ4n) is 3.81. The summed E-state index contributed by atoms with van der Waals surface area (Å²) >= 11 is 13.6. The normalized spacial score (nSPS) is 17.6. The minimum atomic E-state index is -0.493. The maximum atomic E-state index is 12.8. The van der Waals surface area contributed by atoms with Gasteiger partial charge in [0.25, 0.3) is 11.1 Å². The highest BCUT2D eigenvalue weighted by Crippen LogP contribution is 2.37. The first-order chi connectivity index (χ1) is 16.3. The Kier molecular flexibility index (Phi) is 7.86. The first-order valence-corrected chi connectivity index (χ1v) is 12.6. The van der Waals surface area contributed by atoms with Gasteiger partial charge in [-0.05, 0) is 67.3 Å². The van der Waals surface area contributed by atoms with Crippen molar-refractivity contribution in [3.63, 3.8) is 0 Å². The maximum absolute atomic E-state index is 12.8. The van der Waals surface area contributed by atoms with Crippen LogP contribution < -0.4 is 4.74 Å². The summed E-state index contributed by atoms with van der Waals surface area (Å²) in [5.41, 5.74) is 2.70. The van der Waals surface area contributed by atoms with Crippen molar-refractivity contribution in [2.75, 3.05) is 19.6 Å². The number of nitrogens with zero attached hydrogens (tertiary/aromatic N) is 2. The Hall–Kier alpha value is -2.48. The van der Waals surface area contributed by atoms with E-state index in [1.165, 1.54) is 0 Å². The second-order valence-electron chi connectivity index (χ2n) is 8.30. The predicted octanol–water partition coefficient (Wildman–Crippen LogP) is 5.93. The zero-order valence-electron chi connectivity index (χ0n) is 18.7. The Bertz CT molecular complexity index is 1120. The number of amides is 3. The molecule has 2 saturated heterocycles. The summed E-state index contributed by atoms with van der Waals surface area (Å²) in [5, 5.41) is 0.132. The van der Waals surface area contributed by atoms with Crippen molar-refractivity contribution in [1.82, 2.24) is 9.80 Å². The highest BCUT2D eigenvalue weighted by Gasteiger charge is 2.37. The van der Waals surface area contributed by atoms with Crippen molar-refractivity contribution in [3.8, 4) is 5.75 Å². The van der Waals surface area contributed by atoms with Crippen LogP contribution in [-0.2, 0) is 16.2 Å². The van der Waals surface area contributed by atoms with Crippen LogP contribution in [0.15, 0.2) is 41.3 Å². The molecule has 2 aromatic carbocycles. The van der Waals surface area contributed by atoms with E-state index >= 15 is 0 Å². The number of likely N-dealkylation sites (tertiary alicyclic amines) is 1. The summed E-state index contributed by atoms with van der Waals surface area (Å²) in [6.07, 6.45) is 4.53. The molecule has 0 spiro atoms. The van der Waals surface area contributed by atoms with Gasteiger partial charge in [0.15, 0.2) is 5.75 Å². The van der Waals surface area contributed by atoms with Gasteiger partial charge in [-0.3, -0.25) is 19.3 Å². The molecular weight excluding hydrogens is 495 g/mol. The van der Waals surface area contributed by atoms with Gasteiger partial charge in [0.05, 0.1) is 15.0 Å². The largest absolute Gasteiger partial charge is 0.486 e. The number of piperidine rings is 1. The first kappa shape index (κ1) is 24.6. The second-order valence-corrected chi connectivity index (χ2v) is 10.1. The van der Waals surface area contributed by atoms with Crippen LogP contribution in [-0.4, -0.2) is 46.5 Å². The van der Waals surface area contributed by atoms with E-state index in [1.807, 2.05) is 31.2 Å². The summed E-state index contributed by atoms with van der Waals surface area (Å²) in [6.45, 7) is 3.41. The van der Waals surface area contributed by atoms with E-state index in [0.29, 0.717) is 41.1 Å². The standard InChI is InChI=1S/C25H24Cl2N2O4S/c1-16-5-7-17(8-6-16)15-33-23-19(26)11-18(12-20(23)27)13-21-24(31)29(25(32)34-21)14-22(30)28-9-3-2-4-10-28/h5-8,11-13H,2-4,9-10,14-15H2,1H3/b21-13-. The molecule has 0 radical (unpaired) electrons. The lowest BCUT2D eigenvalue weighted by atomic mass is 10.1. The zero-order valence-corrected chi connectivity index (χ0v) is 21.0. The third-order valence-corrected chi connectivity index (χ3v) is 7.17. The molecule has 0 unspecified atom stereocenters. The minimum Gasteiger partial charge on any atom is -0.486 e. The van der Waals surface area contributed by atoms with Crippen molar-refractivity contribution >= 4 is 58.1 Å². The fourth-order valence-corrected chi connectivity index (χ4v) is 5.26. The van der Waals surface area contributed by atoms with E-state index < -0.39 is 11.1 Å². The van der Waals surface area contributed by atoms with Gasteiger partial charge in [0, 0.05) is 13.1 Å². The van der Waals surface area contributed by atoms with Gasteiger partial charge >= 0.3 is 0 Å². The van der Waals surface area contributed by atoms with Crippen molar-refractivity contribution in [2.24, 2.45) is 0 Å². The molecule has 0 saturated carbocycles. The zero-order chi connectivity index (χ0) is 24.2. The van der Waals surface area contributed by atoms with Crippen LogP contribution in [0.5, 0.6) is 5.75 Å². The molecular formula is C25H24Cl2N2O4S. The number of thioether (sulfide) groups is 1. The van der Waals surface area contributed by atoms with Gasteiger partial charge in [-0.15, -0.1) is 0 Å². The molecule has 2 fully saturated rings. The monoisotopic (exact) mass is 518 g/mol. The lowest BCUT2D eigenvalue weighted by Gasteiger charge is -2.27. The molecule has 0 bridgehead atoms. The van der Waals surface area contributed by atoms with Crippen molar-refractivity contribution in [3.05, 3.63) is 68.0 Å². The molecule has 2 aliphatic rings. The molecule has 0 N–H and O–H groups in total. The molecule has 0 aromatic heterocycles. The molecule has 2 aliphatic heterocycles. The van der Waals surface area contributed by atoms with Gasteiger partial charge < -0.3 is 9.64 Å². The van der Waals surface area contributed by atoms with Crippen molar-refractivity contribution in [2.45, 2.75) is 32.8 Å². The summed E-state index contributed by atoms with van der Waals surface area (Å²) in [5.74, 6) is -0.349. The van der Waals surface area contributed by atoms with Gasteiger partial charge in [0.1, 0.15) is 13.2 Å². The van der Waals surface area contributed by atoms with Crippen LogP contribution in [0.4, 0.5) is 4.79 Å². The number of carbonyl (C=O) groups excluding carboxylic acids is 3. The molecule has 6 nitrogen and oxygen atoms in total. The summed E-state index contributed by atoms with van der Waals surface area (Å²) < 4.78 is 5.81. The van der Waals surface area contributed by atoms with Crippen LogP contribution >= 0.6 is 35.0 Å². The lowest BCUT2D eigenvalue weighted by Crippen LogP contribution is -2.44. The minimum absolute atomic E-state index is 0.204. The van der Waals surface area contributed by atoms with Crippen LogP contribution in [0, 0.1) is 6.92 Å². The van der Waals surface area contributed by atoms with E-state index in [9.17, 15) is 14.4 Å². The smallest absolute Gasteiger partial charge is 0.294 e. The predicted molar refractivity (Wildman–Crippen MR) is 135 cm³/mol. The summed E-state index contributed by atoms with van der Waals surface area (Å²) in [6, 6.07) is 11.2. The van der Waals surface area contributed by atoms with Crippen LogP contribution in [0.3, 0.4) is 0 Å². The van der Waals surface area contributed by atoms with Crippen molar-refractivity contribution < 1.29 is 19.1 Å². The van der Waals surface area contributed by atoms with E-state index in [0.717, 1.165) is 47.1 Å². The summed E-state index contributed by atoms with van der Waals surface area (Å²) in [4.78, 5) is 40.7. The molecule has 3 amide bonds. The average molecular weight is 519 g/mol. The fraction of sp³-hybridized carbons (Fsp3) is 0.320. The number of imide groups is 1. The van der Waals surface area contributed by atoms with Gasteiger partial charge in [-0.25, -0.2) is 0 Å². The summed E-state index contributed by atoms with van der Waals surface area (Å²) in [7, 11) is 0. The van der Waals surface area contributed by atoms with E-state index in [1.54, 1.807) is 23.1 Å². The van der Waals surface area contributed by atoms with Gasteiger partial charge in [0.2, 0.25) is 5.91 Å². The molecule has 2 aromatic rings. The van der Waals surface area contributed by atoms with Crippen LogP contribution in [0.1, 0.15) is 36.0 Å². The number of rotatable bonds is 6. The lowest BCUT2D eigenvalue weighted by molar-refractivity contribution is -0.136. The SMILES string of the molecule is Cc1ccc(COc2c(Cl)cc(/C=C3\SC(=O)N(CC(=O)N4CCCCC4)C3=O)cc2Cl)cc1. The number of aryl methyl sites for hydroxylation is 1. The third kappa shape index (κ3) is 5.77. The first-order valence-electron chi connectivity index (χ1n) is 11.0. The molecule has 4 rings (SSSR count). The Labute approximate surface area is 212 Å². The molecule has 0 aliphatic carbocycles. The molecule has 9 heteroatoms. The van der Waals surface area contributed by atoms with Crippen LogP contribution in [0.25, 0.3) is 6.08 Å². The number of hydrogen-bond donors (Lipinski definition) is 0. The molecule has 178 valence electrons. The second kappa shape index (κ2) is 10.8. The molecule has 2 heterocycles. The molecule has 0 atom stereocenters. The number of halogens is 2. The van der Waals surface area contributed by atoms with Crippen LogP contribution in [0.2, 0.25) is 10.0 Å². The van der Waals surface area contributed by atoms with Gasteiger partial charge in [-0.2, -0.15) is 0 Å². The molecule has 34 heavy (non-hydrogen) atoms. The average Bonchev–Trinajstić information content (AvgIpc) is 3.07. The Morgan fingerprint density at radius 1 is 1.06 bits per heavy atom. The Morgan fingerprint density at radius 3 is 2.35 bits per heavy atom. The Balaban J connectivity index is 1.44. The van der Waals surface area contributed by atoms with Crippen molar-refractivity contribution in [1.29, 1.82) is 0 Å². The number of carbonyl (C=O) groups is 3. The quantitative estimate of drug-likeness (QED) is 0.443. The Morgan fingerprint density at radius 2 is 1.71 bits per heavy atom. The third-order valence-electron chi connectivity index (χ3n) is 5.70. The topological polar surface area (TPSA) is 66.9 Å².